The van der Waals surface area contributed by atoms with Crippen LogP contribution in [0.1, 0.15) is 5.82 Å². The lowest BCUT2D eigenvalue weighted by Crippen LogP contribution is -2.13. The molecule has 0 amide bonds. The van der Waals surface area contributed by atoms with E-state index >= 15 is 0 Å². The van der Waals surface area contributed by atoms with Gasteiger partial charge in [-0.2, -0.15) is 13.2 Å². The van der Waals surface area contributed by atoms with Crippen LogP contribution in [0.2, 0.25) is 0 Å². The van der Waals surface area contributed by atoms with Gasteiger partial charge in [0.15, 0.2) is 0 Å². The van der Waals surface area contributed by atoms with Crippen molar-refractivity contribution in [3.05, 3.63) is 40.4 Å². The van der Waals surface area contributed by atoms with E-state index in [0.29, 0.717) is 4.47 Å². The van der Waals surface area contributed by atoms with Gasteiger partial charge in [-0.1, -0.05) is 0 Å². The number of aromatic nitrogens is 2. The standard InChI is InChI=1S/C11H7BrF4N4/c12-6-2-1-5(13)3-7(6)18-9-4-8(17)19-10(20-9)11(14,15)16/h1-4H,(H3,17,18,19,20). The van der Waals surface area contributed by atoms with Gasteiger partial charge < -0.3 is 11.1 Å². The maximum absolute atomic E-state index is 13.1. The highest BCUT2D eigenvalue weighted by Crippen LogP contribution is 2.30. The molecule has 4 nitrogen and oxygen atoms in total. The lowest BCUT2D eigenvalue weighted by Gasteiger charge is -2.11. The highest BCUT2D eigenvalue weighted by atomic mass is 79.9. The first-order valence-electron chi connectivity index (χ1n) is 5.19. The number of nitrogens with zero attached hydrogens (tertiary/aromatic N) is 2. The van der Waals surface area contributed by atoms with E-state index in [-0.39, 0.29) is 17.3 Å². The molecule has 0 atom stereocenters. The molecule has 3 N–H and O–H groups in total. The van der Waals surface area contributed by atoms with Crippen molar-refractivity contribution in [2.24, 2.45) is 0 Å². The van der Waals surface area contributed by atoms with Gasteiger partial charge in [-0.15, -0.1) is 0 Å². The lowest BCUT2D eigenvalue weighted by atomic mass is 10.3. The number of benzene rings is 1. The zero-order chi connectivity index (χ0) is 14.9. The summed E-state index contributed by atoms with van der Waals surface area (Å²) < 4.78 is 51.2. The van der Waals surface area contributed by atoms with Crippen molar-refractivity contribution in [3.63, 3.8) is 0 Å². The Morgan fingerprint density at radius 1 is 1.15 bits per heavy atom. The normalized spacial score (nSPS) is 11.4. The molecule has 1 aromatic heterocycles. The minimum Gasteiger partial charge on any atom is -0.384 e. The van der Waals surface area contributed by atoms with E-state index in [0.717, 1.165) is 12.1 Å². The Bertz CT molecular complexity index is 645. The fourth-order valence-corrected chi connectivity index (χ4v) is 1.73. The monoisotopic (exact) mass is 350 g/mol. The summed E-state index contributed by atoms with van der Waals surface area (Å²) in [6.07, 6.45) is -4.72. The number of rotatable bonds is 2. The average Bonchev–Trinajstić information content (AvgIpc) is 2.32. The summed E-state index contributed by atoms with van der Waals surface area (Å²) in [5.41, 5.74) is 5.52. The van der Waals surface area contributed by atoms with Crippen LogP contribution in [-0.4, -0.2) is 9.97 Å². The number of hydrogen-bond acceptors (Lipinski definition) is 4. The zero-order valence-electron chi connectivity index (χ0n) is 9.67. The number of nitrogens with one attached hydrogen (secondary N) is 1. The second kappa shape index (κ2) is 5.23. The molecule has 2 aromatic rings. The van der Waals surface area contributed by atoms with Crippen LogP contribution in [0.15, 0.2) is 28.7 Å². The van der Waals surface area contributed by atoms with E-state index in [1.165, 1.54) is 12.1 Å². The lowest BCUT2D eigenvalue weighted by molar-refractivity contribution is -0.144. The van der Waals surface area contributed by atoms with Crippen LogP contribution < -0.4 is 11.1 Å². The average molecular weight is 351 g/mol. The van der Waals surface area contributed by atoms with E-state index in [2.05, 4.69) is 31.2 Å². The summed E-state index contributed by atoms with van der Waals surface area (Å²) in [7, 11) is 0. The summed E-state index contributed by atoms with van der Waals surface area (Å²) in [4.78, 5) is 6.40. The van der Waals surface area contributed by atoms with Crippen molar-refractivity contribution < 1.29 is 17.6 Å². The highest BCUT2D eigenvalue weighted by Gasteiger charge is 2.35. The van der Waals surface area contributed by atoms with Crippen LogP contribution >= 0.6 is 15.9 Å². The number of alkyl halides is 3. The number of halogens is 5. The molecule has 2 rings (SSSR count). The molecule has 0 aliphatic carbocycles. The maximum Gasteiger partial charge on any atom is 0.451 e. The molecular formula is C11H7BrF4N4. The van der Waals surface area contributed by atoms with E-state index in [9.17, 15) is 17.6 Å². The van der Waals surface area contributed by atoms with Gasteiger partial charge >= 0.3 is 6.18 Å². The minimum atomic E-state index is -4.72. The molecule has 1 aromatic carbocycles. The Balaban J connectivity index is 2.39. The molecule has 0 saturated carbocycles. The topological polar surface area (TPSA) is 63.8 Å². The minimum absolute atomic E-state index is 0.184. The molecule has 106 valence electrons. The number of anilines is 3. The summed E-state index contributed by atoms with van der Waals surface area (Å²) in [5.74, 6) is -2.44. The molecule has 0 spiro atoms. The molecule has 0 unspecified atom stereocenters. The molecule has 0 bridgehead atoms. The largest absolute Gasteiger partial charge is 0.451 e. The van der Waals surface area contributed by atoms with Gasteiger partial charge in [-0.3, -0.25) is 0 Å². The van der Waals surface area contributed by atoms with Gasteiger partial charge in [0.25, 0.3) is 0 Å². The van der Waals surface area contributed by atoms with Crippen molar-refractivity contribution in [3.8, 4) is 0 Å². The summed E-state index contributed by atoms with van der Waals surface area (Å²) in [6, 6.07) is 4.83. The highest BCUT2D eigenvalue weighted by molar-refractivity contribution is 9.10. The number of hydrogen-bond donors (Lipinski definition) is 2. The van der Waals surface area contributed by atoms with Gasteiger partial charge in [0, 0.05) is 10.5 Å². The Morgan fingerprint density at radius 2 is 1.85 bits per heavy atom. The predicted octanol–water partition coefficient (Wildman–Crippen LogP) is 3.72. The Kier molecular flexibility index (Phi) is 3.80. The second-order valence-corrected chi connectivity index (χ2v) is 4.60. The summed E-state index contributed by atoms with van der Waals surface area (Å²) in [6.45, 7) is 0. The Morgan fingerprint density at radius 3 is 2.50 bits per heavy atom. The van der Waals surface area contributed by atoms with Crippen LogP contribution in [0.5, 0.6) is 0 Å². The predicted molar refractivity (Wildman–Crippen MR) is 68.8 cm³/mol. The Hall–Kier alpha value is -1.90. The maximum atomic E-state index is 13.1. The first-order chi connectivity index (χ1) is 9.25. The molecule has 9 heteroatoms. The summed E-state index contributed by atoms with van der Waals surface area (Å²) >= 11 is 3.14. The third-order valence-corrected chi connectivity index (χ3v) is 2.88. The van der Waals surface area contributed by atoms with Crippen LogP contribution in [0.4, 0.5) is 34.9 Å². The van der Waals surface area contributed by atoms with Crippen LogP contribution in [0, 0.1) is 5.82 Å². The van der Waals surface area contributed by atoms with Gasteiger partial charge in [0.2, 0.25) is 5.82 Å². The number of nitrogens with two attached hydrogens (primary N) is 1. The molecule has 0 aliphatic rings. The third-order valence-electron chi connectivity index (χ3n) is 2.19. The van der Waals surface area contributed by atoms with Crippen LogP contribution in [0.25, 0.3) is 0 Å². The van der Waals surface area contributed by atoms with Crippen molar-refractivity contribution >= 4 is 33.3 Å². The first kappa shape index (κ1) is 14.5. The second-order valence-electron chi connectivity index (χ2n) is 3.75. The fourth-order valence-electron chi connectivity index (χ4n) is 1.39. The van der Waals surface area contributed by atoms with Crippen LogP contribution in [-0.2, 0) is 6.18 Å². The molecule has 1 heterocycles. The molecule has 20 heavy (non-hydrogen) atoms. The first-order valence-corrected chi connectivity index (χ1v) is 5.99. The van der Waals surface area contributed by atoms with Gasteiger partial charge in [-0.05, 0) is 34.1 Å². The smallest absolute Gasteiger partial charge is 0.384 e. The van der Waals surface area contributed by atoms with E-state index in [1.807, 2.05) is 0 Å². The molecule has 0 radical (unpaired) electrons. The van der Waals surface area contributed by atoms with Crippen molar-refractivity contribution in [2.45, 2.75) is 6.18 Å². The van der Waals surface area contributed by atoms with Gasteiger partial charge in [-0.25, -0.2) is 14.4 Å². The fraction of sp³-hybridized carbons (Fsp3) is 0.0909. The Labute approximate surface area is 119 Å². The summed E-state index contributed by atoms with van der Waals surface area (Å²) in [5, 5.41) is 2.55. The quantitative estimate of drug-likeness (QED) is 0.810. The molecule has 0 saturated heterocycles. The van der Waals surface area contributed by atoms with Crippen molar-refractivity contribution in [1.82, 2.24) is 9.97 Å². The van der Waals surface area contributed by atoms with E-state index in [1.54, 1.807) is 0 Å². The van der Waals surface area contributed by atoms with E-state index in [4.69, 9.17) is 5.73 Å². The molecule has 0 aliphatic heterocycles. The molecular weight excluding hydrogens is 344 g/mol. The van der Waals surface area contributed by atoms with Gasteiger partial charge in [0.05, 0.1) is 5.69 Å². The van der Waals surface area contributed by atoms with Crippen LogP contribution in [0.3, 0.4) is 0 Å². The third kappa shape index (κ3) is 3.35. The molecule has 0 fully saturated rings. The van der Waals surface area contributed by atoms with Crippen molar-refractivity contribution in [1.29, 1.82) is 0 Å². The number of nitrogen functional groups attached to an aromatic ring is 1. The SMILES string of the molecule is Nc1cc(Nc2cc(F)ccc2Br)nc(C(F)(F)F)n1. The zero-order valence-corrected chi connectivity index (χ0v) is 11.3. The van der Waals surface area contributed by atoms with E-state index < -0.39 is 17.8 Å². The van der Waals surface area contributed by atoms with Crippen molar-refractivity contribution in [2.75, 3.05) is 11.1 Å². The van der Waals surface area contributed by atoms with Gasteiger partial charge in [0.1, 0.15) is 17.5 Å².